The first kappa shape index (κ1) is 12.1. The van der Waals surface area contributed by atoms with E-state index in [2.05, 4.69) is 19.2 Å². The van der Waals surface area contributed by atoms with E-state index in [1.165, 1.54) is 0 Å². The van der Waals surface area contributed by atoms with Gasteiger partial charge in [0.25, 0.3) is 0 Å². The molecule has 0 bridgehead atoms. The lowest BCUT2D eigenvalue weighted by atomic mass is 9.68. The number of carbonyl (C=O) groups excluding carboxylic acids is 1. The molecule has 0 aromatic rings. The van der Waals surface area contributed by atoms with Crippen molar-refractivity contribution in [3.63, 3.8) is 0 Å². The molecule has 2 unspecified atom stereocenters. The summed E-state index contributed by atoms with van der Waals surface area (Å²) in [6, 6.07) is 0. The van der Waals surface area contributed by atoms with Gasteiger partial charge in [0, 0.05) is 24.5 Å². The van der Waals surface area contributed by atoms with Crippen LogP contribution in [0.25, 0.3) is 0 Å². The molecular formula is C13H23NO2. The maximum Gasteiger partial charge on any atom is 0.145 e. The van der Waals surface area contributed by atoms with E-state index >= 15 is 0 Å². The van der Waals surface area contributed by atoms with Gasteiger partial charge >= 0.3 is 0 Å². The van der Waals surface area contributed by atoms with Gasteiger partial charge in [0.2, 0.25) is 0 Å². The van der Waals surface area contributed by atoms with Gasteiger partial charge in [-0.15, -0.1) is 0 Å². The number of carbonyl (C=O) groups is 1. The Morgan fingerprint density at radius 2 is 2.31 bits per heavy atom. The summed E-state index contributed by atoms with van der Waals surface area (Å²) < 4.78 is 5.45. The van der Waals surface area contributed by atoms with Crippen LogP contribution < -0.4 is 5.32 Å². The minimum Gasteiger partial charge on any atom is -0.381 e. The molecule has 3 heteroatoms. The Labute approximate surface area is 97.9 Å². The summed E-state index contributed by atoms with van der Waals surface area (Å²) in [5.41, 5.74) is -0.120. The second-order valence-electron chi connectivity index (χ2n) is 5.52. The largest absolute Gasteiger partial charge is 0.381 e. The first-order chi connectivity index (χ1) is 7.67. The number of ether oxygens (including phenoxy) is 1. The third-order valence-corrected chi connectivity index (χ3v) is 4.32. The summed E-state index contributed by atoms with van der Waals surface area (Å²) in [5, 5.41) is 3.35. The maximum absolute atomic E-state index is 12.6. The molecule has 0 aromatic carbocycles. The summed E-state index contributed by atoms with van der Waals surface area (Å²) >= 11 is 0. The average molecular weight is 225 g/mol. The SMILES string of the molecule is CC(C)C1(C(=O)C2CCCOC2)CCNC1. The molecule has 2 heterocycles. The highest BCUT2D eigenvalue weighted by molar-refractivity contribution is 5.88. The van der Waals surface area contributed by atoms with Crippen molar-refractivity contribution in [1.82, 2.24) is 5.32 Å². The molecule has 1 N–H and O–H groups in total. The Morgan fingerprint density at radius 1 is 1.50 bits per heavy atom. The molecule has 3 nitrogen and oxygen atoms in total. The highest BCUT2D eigenvalue weighted by Gasteiger charge is 2.46. The van der Waals surface area contributed by atoms with Crippen LogP contribution >= 0.6 is 0 Å². The Kier molecular flexibility index (Phi) is 3.65. The predicted octanol–water partition coefficient (Wildman–Crippen LogP) is 1.62. The minimum atomic E-state index is -0.120. The van der Waals surface area contributed by atoms with Gasteiger partial charge in [-0.3, -0.25) is 4.79 Å². The molecule has 0 spiro atoms. The van der Waals surface area contributed by atoms with Gasteiger partial charge in [-0.1, -0.05) is 13.8 Å². The number of rotatable bonds is 3. The van der Waals surface area contributed by atoms with E-state index < -0.39 is 0 Å². The molecule has 2 fully saturated rings. The zero-order valence-corrected chi connectivity index (χ0v) is 10.4. The number of Topliss-reactive ketones (excluding diaryl/α,β-unsaturated/α-hetero) is 1. The van der Waals surface area contributed by atoms with Crippen molar-refractivity contribution in [2.45, 2.75) is 33.1 Å². The summed E-state index contributed by atoms with van der Waals surface area (Å²) in [6.45, 7) is 7.67. The van der Waals surface area contributed by atoms with E-state index in [4.69, 9.17) is 4.74 Å². The van der Waals surface area contributed by atoms with Crippen molar-refractivity contribution in [3.8, 4) is 0 Å². The van der Waals surface area contributed by atoms with Crippen LogP contribution in [0.1, 0.15) is 33.1 Å². The standard InChI is InChI=1S/C13H23NO2/c1-10(2)13(5-6-14-9-13)12(15)11-4-3-7-16-8-11/h10-11,14H,3-9H2,1-2H3. The second-order valence-corrected chi connectivity index (χ2v) is 5.52. The molecule has 0 amide bonds. The van der Waals surface area contributed by atoms with E-state index in [1.54, 1.807) is 0 Å². The van der Waals surface area contributed by atoms with Gasteiger partial charge in [0.1, 0.15) is 5.78 Å². The lowest BCUT2D eigenvalue weighted by Crippen LogP contribution is -2.44. The summed E-state index contributed by atoms with van der Waals surface area (Å²) in [6.07, 6.45) is 3.06. The molecule has 0 aromatic heterocycles. The first-order valence-electron chi connectivity index (χ1n) is 6.49. The highest BCUT2D eigenvalue weighted by atomic mass is 16.5. The van der Waals surface area contributed by atoms with Gasteiger partial charge in [0.15, 0.2) is 0 Å². The Balaban J connectivity index is 2.10. The van der Waals surface area contributed by atoms with Crippen LogP contribution in [0.5, 0.6) is 0 Å². The van der Waals surface area contributed by atoms with Gasteiger partial charge in [-0.2, -0.15) is 0 Å². The Hall–Kier alpha value is -0.410. The smallest absolute Gasteiger partial charge is 0.145 e. The number of ketones is 1. The highest BCUT2D eigenvalue weighted by Crippen LogP contribution is 2.38. The fourth-order valence-electron chi connectivity index (χ4n) is 3.05. The van der Waals surface area contributed by atoms with E-state index in [0.717, 1.165) is 39.0 Å². The first-order valence-corrected chi connectivity index (χ1v) is 6.49. The Morgan fingerprint density at radius 3 is 2.81 bits per heavy atom. The van der Waals surface area contributed by atoms with E-state index in [9.17, 15) is 4.79 Å². The van der Waals surface area contributed by atoms with Crippen molar-refractivity contribution < 1.29 is 9.53 Å². The van der Waals surface area contributed by atoms with E-state index in [-0.39, 0.29) is 11.3 Å². The van der Waals surface area contributed by atoms with Crippen LogP contribution in [-0.4, -0.2) is 32.1 Å². The molecule has 2 atom stereocenters. The van der Waals surface area contributed by atoms with Crippen LogP contribution in [0.15, 0.2) is 0 Å². The molecule has 2 saturated heterocycles. The van der Waals surface area contributed by atoms with E-state index in [1.807, 2.05) is 0 Å². The second kappa shape index (κ2) is 4.84. The van der Waals surface area contributed by atoms with Crippen LogP contribution in [0.4, 0.5) is 0 Å². The third-order valence-electron chi connectivity index (χ3n) is 4.32. The molecule has 16 heavy (non-hydrogen) atoms. The van der Waals surface area contributed by atoms with Crippen LogP contribution in [-0.2, 0) is 9.53 Å². The third kappa shape index (κ3) is 2.03. The van der Waals surface area contributed by atoms with Crippen molar-refractivity contribution in [2.24, 2.45) is 17.3 Å². The molecular weight excluding hydrogens is 202 g/mol. The zero-order valence-electron chi connectivity index (χ0n) is 10.4. The number of hydrogen-bond donors (Lipinski definition) is 1. The van der Waals surface area contributed by atoms with Gasteiger partial charge < -0.3 is 10.1 Å². The molecule has 2 aliphatic rings. The summed E-state index contributed by atoms with van der Waals surface area (Å²) in [7, 11) is 0. The summed E-state index contributed by atoms with van der Waals surface area (Å²) in [4.78, 5) is 12.6. The quantitative estimate of drug-likeness (QED) is 0.793. The lowest BCUT2D eigenvalue weighted by Gasteiger charge is -2.35. The number of nitrogens with one attached hydrogen (secondary N) is 1. The predicted molar refractivity (Wildman–Crippen MR) is 63.3 cm³/mol. The fourth-order valence-corrected chi connectivity index (χ4v) is 3.05. The topological polar surface area (TPSA) is 38.3 Å². The van der Waals surface area contributed by atoms with Crippen molar-refractivity contribution in [3.05, 3.63) is 0 Å². The Bertz CT molecular complexity index is 251. The molecule has 92 valence electrons. The van der Waals surface area contributed by atoms with Crippen molar-refractivity contribution in [2.75, 3.05) is 26.3 Å². The van der Waals surface area contributed by atoms with E-state index in [0.29, 0.717) is 18.3 Å². The van der Waals surface area contributed by atoms with Crippen LogP contribution in [0, 0.1) is 17.3 Å². The van der Waals surface area contributed by atoms with Crippen LogP contribution in [0.2, 0.25) is 0 Å². The molecule has 0 aliphatic carbocycles. The lowest BCUT2D eigenvalue weighted by molar-refractivity contribution is -0.138. The summed E-state index contributed by atoms with van der Waals surface area (Å²) in [5.74, 6) is 1.03. The zero-order chi connectivity index (χ0) is 11.6. The van der Waals surface area contributed by atoms with Crippen LogP contribution in [0.3, 0.4) is 0 Å². The normalized spacial score (nSPS) is 35.6. The molecule has 2 aliphatic heterocycles. The molecule has 2 rings (SSSR count). The van der Waals surface area contributed by atoms with Crippen molar-refractivity contribution >= 4 is 5.78 Å². The fraction of sp³-hybridized carbons (Fsp3) is 0.923. The number of hydrogen-bond acceptors (Lipinski definition) is 3. The van der Waals surface area contributed by atoms with Gasteiger partial charge in [-0.25, -0.2) is 0 Å². The van der Waals surface area contributed by atoms with Gasteiger partial charge in [0.05, 0.1) is 6.61 Å². The molecule has 0 radical (unpaired) electrons. The van der Waals surface area contributed by atoms with Gasteiger partial charge in [-0.05, 0) is 31.7 Å². The molecule has 0 saturated carbocycles. The maximum atomic E-state index is 12.6. The monoisotopic (exact) mass is 225 g/mol. The average Bonchev–Trinajstić information content (AvgIpc) is 2.79. The minimum absolute atomic E-state index is 0.120. The van der Waals surface area contributed by atoms with Crippen molar-refractivity contribution in [1.29, 1.82) is 0 Å².